The summed E-state index contributed by atoms with van der Waals surface area (Å²) in [6.07, 6.45) is 0.797. The van der Waals surface area contributed by atoms with Crippen molar-refractivity contribution in [2.24, 2.45) is 0 Å². The molecule has 3 nitrogen and oxygen atoms in total. The zero-order valence-corrected chi connectivity index (χ0v) is 9.26. The van der Waals surface area contributed by atoms with Crippen LogP contribution in [-0.2, 0) is 10.0 Å². The maximum Gasteiger partial charge on any atom is 0.240 e. The van der Waals surface area contributed by atoms with Gasteiger partial charge in [0.1, 0.15) is 0 Å². The van der Waals surface area contributed by atoms with Gasteiger partial charge in [-0.1, -0.05) is 25.1 Å². The van der Waals surface area contributed by atoms with Crippen LogP contribution < -0.4 is 4.72 Å². The first-order valence-corrected chi connectivity index (χ1v) is 6.11. The van der Waals surface area contributed by atoms with Gasteiger partial charge in [-0.2, -0.15) is 0 Å². The van der Waals surface area contributed by atoms with Crippen molar-refractivity contribution < 1.29 is 8.42 Å². The second-order valence-electron chi connectivity index (χ2n) is 3.16. The molecule has 1 aromatic carbocycles. The Balaban J connectivity index is 2.99. The van der Waals surface area contributed by atoms with Gasteiger partial charge in [-0.15, -0.1) is 0 Å². The van der Waals surface area contributed by atoms with Gasteiger partial charge in [0, 0.05) is 6.54 Å². The normalized spacial score (nSPS) is 11.6. The Kier molecular flexibility index (Phi) is 3.66. The molecule has 0 bridgehead atoms. The molecule has 14 heavy (non-hydrogen) atoms. The molecule has 0 radical (unpaired) electrons. The van der Waals surface area contributed by atoms with Crippen molar-refractivity contribution in [1.29, 1.82) is 0 Å². The van der Waals surface area contributed by atoms with Gasteiger partial charge >= 0.3 is 0 Å². The zero-order valence-electron chi connectivity index (χ0n) is 8.45. The van der Waals surface area contributed by atoms with Crippen molar-refractivity contribution in [2.45, 2.75) is 25.2 Å². The summed E-state index contributed by atoms with van der Waals surface area (Å²) in [6.45, 7) is 4.21. The maximum atomic E-state index is 11.7. The minimum atomic E-state index is -3.30. The minimum Gasteiger partial charge on any atom is -0.211 e. The van der Waals surface area contributed by atoms with Crippen molar-refractivity contribution in [3.63, 3.8) is 0 Å². The first kappa shape index (κ1) is 11.2. The summed E-state index contributed by atoms with van der Waals surface area (Å²) in [4.78, 5) is 0.369. The van der Waals surface area contributed by atoms with Crippen molar-refractivity contribution >= 4 is 10.0 Å². The fraction of sp³-hybridized carbons (Fsp3) is 0.400. The van der Waals surface area contributed by atoms with Crippen LogP contribution in [0.4, 0.5) is 0 Å². The Morgan fingerprint density at radius 2 is 1.93 bits per heavy atom. The fourth-order valence-electron chi connectivity index (χ4n) is 1.17. The van der Waals surface area contributed by atoms with E-state index >= 15 is 0 Å². The smallest absolute Gasteiger partial charge is 0.211 e. The lowest BCUT2D eigenvalue weighted by molar-refractivity contribution is 0.580. The van der Waals surface area contributed by atoms with E-state index in [-0.39, 0.29) is 0 Å². The number of benzene rings is 1. The summed E-state index contributed by atoms with van der Waals surface area (Å²) >= 11 is 0. The highest BCUT2D eigenvalue weighted by molar-refractivity contribution is 7.89. The Bertz CT molecular complexity index is 398. The molecule has 0 aromatic heterocycles. The van der Waals surface area contributed by atoms with Crippen LogP contribution in [0.5, 0.6) is 0 Å². The van der Waals surface area contributed by atoms with Crippen molar-refractivity contribution in [1.82, 2.24) is 4.72 Å². The number of hydrogen-bond donors (Lipinski definition) is 1. The Labute approximate surface area is 85.2 Å². The summed E-state index contributed by atoms with van der Waals surface area (Å²) in [5.41, 5.74) is 0.774. The average molecular weight is 213 g/mol. The van der Waals surface area contributed by atoms with Crippen molar-refractivity contribution in [3.05, 3.63) is 29.8 Å². The predicted molar refractivity (Wildman–Crippen MR) is 56.7 cm³/mol. The molecule has 0 aliphatic rings. The van der Waals surface area contributed by atoms with E-state index in [9.17, 15) is 8.42 Å². The Morgan fingerprint density at radius 3 is 2.50 bits per heavy atom. The fourth-order valence-corrected chi connectivity index (χ4v) is 2.55. The molecule has 0 amide bonds. The molecular weight excluding hydrogens is 198 g/mol. The molecule has 0 saturated carbocycles. The lowest BCUT2D eigenvalue weighted by Gasteiger charge is -2.07. The highest BCUT2D eigenvalue weighted by Gasteiger charge is 2.14. The third kappa shape index (κ3) is 2.56. The number of sulfonamides is 1. The van der Waals surface area contributed by atoms with E-state index < -0.39 is 10.0 Å². The molecule has 0 saturated heterocycles. The van der Waals surface area contributed by atoms with Gasteiger partial charge in [-0.05, 0) is 25.0 Å². The molecule has 1 aromatic rings. The average Bonchev–Trinajstić information content (AvgIpc) is 2.15. The number of nitrogens with one attached hydrogen (secondary N) is 1. The molecule has 1 N–H and O–H groups in total. The summed E-state index contributed by atoms with van der Waals surface area (Å²) < 4.78 is 25.9. The van der Waals surface area contributed by atoms with E-state index in [1.807, 2.05) is 13.0 Å². The summed E-state index contributed by atoms with van der Waals surface area (Å²) in [5.74, 6) is 0. The maximum absolute atomic E-state index is 11.7. The molecule has 0 spiro atoms. The standard InChI is InChI=1S/C10H15NO2S/c1-3-8-11-14(12,13)10-7-5-4-6-9(10)2/h4-7,11H,3,8H2,1-2H3. The van der Waals surface area contributed by atoms with Crippen LogP contribution in [0.15, 0.2) is 29.2 Å². The van der Waals surface area contributed by atoms with E-state index in [1.54, 1.807) is 25.1 Å². The predicted octanol–water partition coefficient (Wildman–Crippen LogP) is 1.68. The summed E-state index contributed by atoms with van der Waals surface area (Å²) in [7, 11) is -3.30. The minimum absolute atomic E-state index is 0.369. The van der Waals surface area contributed by atoms with Gasteiger partial charge in [-0.3, -0.25) is 0 Å². The third-order valence-corrected chi connectivity index (χ3v) is 3.55. The number of aryl methyl sites for hydroxylation is 1. The monoisotopic (exact) mass is 213 g/mol. The SMILES string of the molecule is CCCNS(=O)(=O)c1ccccc1C. The Hall–Kier alpha value is -0.870. The molecule has 0 atom stereocenters. The van der Waals surface area contributed by atoms with Crippen molar-refractivity contribution in [2.75, 3.05) is 6.54 Å². The van der Waals surface area contributed by atoms with Crippen LogP contribution >= 0.6 is 0 Å². The molecule has 0 unspecified atom stereocenters. The van der Waals surface area contributed by atoms with Gasteiger partial charge in [0.2, 0.25) is 10.0 Å². The van der Waals surface area contributed by atoms with Crippen LogP contribution in [0.3, 0.4) is 0 Å². The first-order valence-electron chi connectivity index (χ1n) is 4.63. The van der Waals surface area contributed by atoms with Crippen molar-refractivity contribution in [3.8, 4) is 0 Å². The summed E-state index contributed by atoms with van der Waals surface area (Å²) in [5, 5.41) is 0. The van der Waals surface area contributed by atoms with Crippen LogP contribution in [0, 0.1) is 6.92 Å². The van der Waals surface area contributed by atoms with E-state index in [2.05, 4.69) is 4.72 Å². The van der Waals surface area contributed by atoms with Crippen LogP contribution in [0.25, 0.3) is 0 Å². The molecule has 0 heterocycles. The van der Waals surface area contributed by atoms with Gasteiger partial charge in [-0.25, -0.2) is 13.1 Å². The number of hydrogen-bond acceptors (Lipinski definition) is 2. The largest absolute Gasteiger partial charge is 0.240 e. The lowest BCUT2D eigenvalue weighted by atomic mass is 10.2. The number of rotatable bonds is 4. The van der Waals surface area contributed by atoms with Gasteiger partial charge in [0.05, 0.1) is 4.90 Å². The van der Waals surface area contributed by atoms with Crippen LogP contribution in [-0.4, -0.2) is 15.0 Å². The molecular formula is C10H15NO2S. The quantitative estimate of drug-likeness (QED) is 0.827. The first-order chi connectivity index (χ1) is 6.58. The zero-order chi connectivity index (χ0) is 10.6. The van der Waals surface area contributed by atoms with Gasteiger partial charge in [0.15, 0.2) is 0 Å². The molecule has 78 valence electrons. The van der Waals surface area contributed by atoms with E-state index in [0.29, 0.717) is 11.4 Å². The topological polar surface area (TPSA) is 46.2 Å². The lowest BCUT2D eigenvalue weighted by Crippen LogP contribution is -2.24. The molecule has 0 aliphatic heterocycles. The van der Waals surface area contributed by atoms with Crippen LogP contribution in [0.1, 0.15) is 18.9 Å². The second-order valence-corrected chi connectivity index (χ2v) is 4.90. The summed E-state index contributed by atoms with van der Waals surface area (Å²) in [6, 6.07) is 6.97. The second kappa shape index (κ2) is 4.57. The van der Waals surface area contributed by atoms with E-state index in [0.717, 1.165) is 12.0 Å². The van der Waals surface area contributed by atoms with E-state index in [1.165, 1.54) is 0 Å². The van der Waals surface area contributed by atoms with Gasteiger partial charge in [0.25, 0.3) is 0 Å². The van der Waals surface area contributed by atoms with E-state index in [4.69, 9.17) is 0 Å². The molecule has 0 aliphatic carbocycles. The highest BCUT2D eigenvalue weighted by Crippen LogP contribution is 2.13. The van der Waals surface area contributed by atoms with Gasteiger partial charge < -0.3 is 0 Å². The highest BCUT2D eigenvalue weighted by atomic mass is 32.2. The Morgan fingerprint density at radius 1 is 1.29 bits per heavy atom. The molecule has 4 heteroatoms. The molecule has 0 fully saturated rings. The third-order valence-electron chi connectivity index (χ3n) is 1.93. The molecule has 1 rings (SSSR count). The van der Waals surface area contributed by atoms with Crippen LogP contribution in [0.2, 0.25) is 0 Å².